The molecule has 1 fully saturated rings. The topological polar surface area (TPSA) is 97.2 Å². The average molecular weight is 467 g/mol. The minimum atomic E-state index is -0.630. The summed E-state index contributed by atoms with van der Waals surface area (Å²) in [5, 5.41) is 13.3. The first-order chi connectivity index (χ1) is 16.5. The lowest BCUT2D eigenvalue weighted by atomic mass is 9.93. The van der Waals surface area contributed by atoms with Gasteiger partial charge in [0.2, 0.25) is 0 Å². The van der Waals surface area contributed by atoms with E-state index in [2.05, 4.69) is 17.2 Å². The fraction of sp³-hybridized carbons (Fsp3) is 0.444. The fourth-order valence-electron chi connectivity index (χ4n) is 4.59. The summed E-state index contributed by atoms with van der Waals surface area (Å²) in [5.74, 6) is -0.400. The third-order valence-corrected chi connectivity index (χ3v) is 6.30. The van der Waals surface area contributed by atoms with E-state index >= 15 is 0 Å². The molecule has 3 rings (SSSR count). The molecule has 1 aliphatic carbocycles. The van der Waals surface area contributed by atoms with Crippen molar-refractivity contribution >= 4 is 17.8 Å². The number of aliphatic hydroxyl groups is 1. The Morgan fingerprint density at radius 3 is 2.41 bits per heavy atom. The Morgan fingerprint density at radius 1 is 1.12 bits per heavy atom. The number of rotatable bonds is 10. The molecule has 1 aliphatic rings. The van der Waals surface area contributed by atoms with Crippen LogP contribution in [0.1, 0.15) is 49.8 Å². The second-order valence-electron chi connectivity index (χ2n) is 8.64. The number of hydrogen-bond donors (Lipinski definition) is 2. The summed E-state index contributed by atoms with van der Waals surface area (Å²) >= 11 is 0. The molecule has 0 aliphatic heterocycles. The zero-order valence-electron chi connectivity index (χ0n) is 19.9. The van der Waals surface area contributed by atoms with Crippen molar-refractivity contribution in [3.8, 4) is 0 Å². The number of carbonyl (C=O) groups is 2. The Balaban J connectivity index is 1.73. The number of amides is 1. The number of ether oxygens (including phenoxy) is 2. The lowest BCUT2D eigenvalue weighted by molar-refractivity contribution is -0.145. The van der Waals surface area contributed by atoms with Gasteiger partial charge in [0.1, 0.15) is 12.6 Å². The van der Waals surface area contributed by atoms with Crippen molar-refractivity contribution in [2.24, 2.45) is 16.8 Å². The molecule has 2 aromatic rings. The van der Waals surface area contributed by atoms with Gasteiger partial charge >= 0.3 is 12.1 Å². The highest BCUT2D eigenvalue weighted by atomic mass is 16.5. The molecule has 7 nitrogen and oxygen atoms in total. The molecule has 4 atom stereocenters. The van der Waals surface area contributed by atoms with E-state index < -0.39 is 18.2 Å². The summed E-state index contributed by atoms with van der Waals surface area (Å²) < 4.78 is 10.4. The van der Waals surface area contributed by atoms with Gasteiger partial charge in [-0.25, -0.2) is 4.79 Å². The summed E-state index contributed by atoms with van der Waals surface area (Å²) in [6.07, 6.45) is 2.40. The van der Waals surface area contributed by atoms with E-state index in [0.717, 1.165) is 29.7 Å². The molecule has 0 aromatic heterocycles. The summed E-state index contributed by atoms with van der Waals surface area (Å²) in [4.78, 5) is 29.5. The van der Waals surface area contributed by atoms with Crippen LogP contribution in [0.5, 0.6) is 0 Å². The lowest BCUT2D eigenvalue weighted by Crippen LogP contribution is -2.45. The minimum Gasteiger partial charge on any atom is -0.468 e. The van der Waals surface area contributed by atoms with Crippen molar-refractivity contribution in [1.29, 1.82) is 0 Å². The molecule has 2 N–H and O–H groups in total. The van der Waals surface area contributed by atoms with Crippen LogP contribution in [-0.4, -0.2) is 42.6 Å². The monoisotopic (exact) mass is 466 g/mol. The Morgan fingerprint density at radius 2 is 1.79 bits per heavy atom. The molecule has 1 saturated carbocycles. The maximum absolute atomic E-state index is 12.7. The third kappa shape index (κ3) is 6.98. The minimum absolute atomic E-state index is 0.0949. The van der Waals surface area contributed by atoms with Gasteiger partial charge in [-0.05, 0) is 42.2 Å². The van der Waals surface area contributed by atoms with E-state index in [1.807, 2.05) is 60.7 Å². The van der Waals surface area contributed by atoms with Crippen LogP contribution in [-0.2, 0) is 20.9 Å². The first kappa shape index (κ1) is 25.6. The van der Waals surface area contributed by atoms with Gasteiger partial charge < -0.3 is 14.6 Å². The largest absolute Gasteiger partial charge is 0.468 e. The number of nitrogens with one attached hydrogen (secondary N) is 1. The van der Waals surface area contributed by atoms with Crippen molar-refractivity contribution in [3.05, 3.63) is 71.8 Å². The van der Waals surface area contributed by atoms with Crippen LogP contribution in [0, 0.1) is 11.8 Å². The van der Waals surface area contributed by atoms with Crippen LogP contribution in [0.4, 0.5) is 4.79 Å². The number of hydrogen-bond acceptors (Lipinski definition) is 6. The van der Waals surface area contributed by atoms with Crippen molar-refractivity contribution in [3.63, 3.8) is 0 Å². The van der Waals surface area contributed by atoms with E-state index in [-0.39, 0.29) is 31.0 Å². The van der Waals surface area contributed by atoms with E-state index in [9.17, 15) is 14.7 Å². The molecule has 0 heterocycles. The van der Waals surface area contributed by atoms with Gasteiger partial charge in [-0.3, -0.25) is 10.1 Å². The predicted molar refractivity (Wildman–Crippen MR) is 130 cm³/mol. The van der Waals surface area contributed by atoms with Crippen LogP contribution >= 0.6 is 0 Å². The number of nitrogens with zero attached hydrogens (tertiary/aromatic N) is 1. The third-order valence-electron chi connectivity index (χ3n) is 6.30. The summed E-state index contributed by atoms with van der Waals surface area (Å²) in [6, 6.07) is 17.9. The number of esters is 1. The van der Waals surface area contributed by atoms with Crippen molar-refractivity contribution in [2.45, 2.75) is 51.3 Å². The normalized spacial score (nSPS) is 20.6. The van der Waals surface area contributed by atoms with Crippen LogP contribution in [0.15, 0.2) is 65.7 Å². The molecule has 2 aromatic carbocycles. The van der Waals surface area contributed by atoms with E-state index in [4.69, 9.17) is 9.47 Å². The zero-order valence-corrected chi connectivity index (χ0v) is 19.9. The first-order valence-corrected chi connectivity index (χ1v) is 11.8. The van der Waals surface area contributed by atoms with Crippen LogP contribution < -0.4 is 5.32 Å². The van der Waals surface area contributed by atoms with Gasteiger partial charge in [-0.1, -0.05) is 74.0 Å². The number of aliphatic hydroxyl groups excluding tert-OH is 1. The Hall–Kier alpha value is -3.03. The summed E-state index contributed by atoms with van der Waals surface area (Å²) in [7, 11) is 1.36. The van der Waals surface area contributed by atoms with Crippen LogP contribution in [0.3, 0.4) is 0 Å². The number of benzene rings is 2. The van der Waals surface area contributed by atoms with Gasteiger partial charge in [0.15, 0.2) is 0 Å². The van der Waals surface area contributed by atoms with Crippen molar-refractivity contribution in [2.75, 3.05) is 13.7 Å². The van der Waals surface area contributed by atoms with Crippen molar-refractivity contribution in [1.82, 2.24) is 5.32 Å². The fourth-order valence-corrected chi connectivity index (χ4v) is 4.59. The van der Waals surface area contributed by atoms with Gasteiger partial charge in [0.25, 0.3) is 0 Å². The number of aliphatic imine (C=N–C) groups is 1. The molecular formula is C27H34N2O5. The molecule has 1 amide bonds. The molecule has 0 saturated heterocycles. The second-order valence-corrected chi connectivity index (χ2v) is 8.64. The van der Waals surface area contributed by atoms with Gasteiger partial charge in [0.05, 0.1) is 19.8 Å². The highest BCUT2D eigenvalue weighted by molar-refractivity contribution is 5.97. The maximum atomic E-state index is 12.7. The molecule has 0 radical (unpaired) electrons. The van der Waals surface area contributed by atoms with Crippen LogP contribution in [0.25, 0.3) is 0 Å². The predicted octanol–water partition coefficient (Wildman–Crippen LogP) is 4.46. The van der Waals surface area contributed by atoms with E-state index in [0.29, 0.717) is 12.8 Å². The molecule has 0 spiro atoms. The lowest BCUT2D eigenvalue weighted by Gasteiger charge is -2.27. The van der Waals surface area contributed by atoms with E-state index in [1.165, 1.54) is 7.11 Å². The standard InChI is InChI=1S/C27H34N2O5/c1-3-10-21-15-22(16-23(21)29-27(32)34-18-19-11-6-4-7-12-19)25(26(31)33-2)28-24(17-30)20-13-8-5-9-14-20/h4-9,11-14,21-22,24-25,28,30H,3,10,15-18H2,1-2H3/t21?,22?,24-,25-/m0/s1. The molecular weight excluding hydrogens is 432 g/mol. The van der Waals surface area contributed by atoms with Crippen molar-refractivity contribution < 1.29 is 24.2 Å². The molecule has 34 heavy (non-hydrogen) atoms. The molecule has 0 bridgehead atoms. The maximum Gasteiger partial charge on any atom is 0.433 e. The molecule has 182 valence electrons. The quantitative estimate of drug-likeness (QED) is 0.502. The Kier molecular flexibility index (Phi) is 9.79. The Bertz CT molecular complexity index is 948. The van der Waals surface area contributed by atoms with Crippen LogP contribution in [0.2, 0.25) is 0 Å². The summed E-state index contributed by atoms with van der Waals surface area (Å²) in [6.45, 7) is 2.10. The molecule has 2 unspecified atom stereocenters. The van der Waals surface area contributed by atoms with Gasteiger partial charge in [0, 0.05) is 5.71 Å². The summed E-state index contributed by atoms with van der Waals surface area (Å²) in [5.41, 5.74) is 2.55. The Labute approximate surface area is 201 Å². The second kappa shape index (κ2) is 13.0. The van der Waals surface area contributed by atoms with Gasteiger partial charge in [-0.2, -0.15) is 4.99 Å². The van der Waals surface area contributed by atoms with Gasteiger partial charge in [-0.15, -0.1) is 0 Å². The smallest absolute Gasteiger partial charge is 0.433 e. The molecule has 7 heteroatoms. The number of methoxy groups -OCH3 is 1. The van der Waals surface area contributed by atoms with E-state index in [1.54, 1.807) is 0 Å². The highest BCUT2D eigenvalue weighted by Gasteiger charge is 2.40. The first-order valence-electron chi connectivity index (χ1n) is 11.8. The number of carbonyl (C=O) groups excluding carboxylic acids is 2. The highest BCUT2D eigenvalue weighted by Crippen LogP contribution is 2.35. The SMILES string of the molecule is CCCC1CC([C@H](N[C@@H](CO)c2ccccc2)C(=O)OC)CC1=NC(=O)OCc1ccccc1. The average Bonchev–Trinajstić information content (AvgIpc) is 3.26. The zero-order chi connectivity index (χ0) is 24.3.